The molecule has 4 heteroatoms. The number of allylic oxidation sites excluding steroid dienone is 2. The summed E-state index contributed by atoms with van der Waals surface area (Å²) in [4.78, 5) is 16.2. The van der Waals surface area contributed by atoms with Crippen molar-refractivity contribution in [2.24, 2.45) is 17.8 Å². The van der Waals surface area contributed by atoms with Gasteiger partial charge in [-0.3, -0.25) is 9.78 Å². The van der Waals surface area contributed by atoms with Gasteiger partial charge in [-0.05, 0) is 66.5 Å². The maximum absolute atomic E-state index is 11.2. The van der Waals surface area contributed by atoms with Crippen LogP contribution in [0, 0.1) is 51.5 Å². The molecule has 209 valence electrons. The van der Waals surface area contributed by atoms with Gasteiger partial charge in [0, 0.05) is 44.4 Å². The fourth-order valence-electron chi connectivity index (χ4n) is 4.75. The molecule has 0 aliphatic rings. The molecule has 0 unspecified atom stereocenters. The molecular formula is C34H46IrNO2-. The molecule has 3 aromatic rings. The Morgan fingerprint density at radius 2 is 1.47 bits per heavy atom. The van der Waals surface area contributed by atoms with Gasteiger partial charge in [0.2, 0.25) is 0 Å². The number of aryl methyl sites for hydroxylation is 4. The maximum atomic E-state index is 11.2. The van der Waals surface area contributed by atoms with Gasteiger partial charge in [0.25, 0.3) is 0 Å². The van der Waals surface area contributed by atoms with Gasteiger partial charge in [0.1, 0.15) is 0 Å². The molecule has 1 N–H and O–H groups in total. The van der Waals surface area contributed by atoms with Crippen molar-refractivity contribution in [3.8, 4) is 11.3 Å². The number of rotatable bonds is 8. The molecule has 1 aromatic heterocycles. The summed E-state index contributed by atoms with van der Waals surface area (Å²) >= 11 is 0. The number of pyridine rings is 1. The average molecular weight is 693 g/mol. The number of hydrogen-bond acceptors (Lipinski definition) is 3. The molecule has 2 aromatic carbocycles. The first kappa shape index (κ1) is 33.7. The molecule has 0 spiro atoms. The van der Waals surface area contributed by atoms with Gasteiger partial charge in [-0.2, -0.15) is 0 Å². The van der Waals surface area contributed by atoms with Crippen LogP contribution in [0.1, 0.15) is 82.2 Å². The third-order valence-corrected chi connectivity index (χ3v) is 5.94. The van der Waals surface area contributed by atoms with E-state index >= 15 is 0 Å². The normalized spacial score (nSPS) is 11.6. The number of aliphatic hydroxyl groups is 1. The van der Waals surface area contributed by atoms with E-state index in [1.807, 2.05) is 27.7 Å². The Kier molecular flexibility index (Phi) is 13.6. The Bertz CT molecular complexity index is 1230. The Labute approximate surface area is 244 Å². The third kappa shape index (κ3) is 10.8. The number of ketones is 1. The van der Waals surface area contributed by atoms with Gasteiger partial charge in [0.05, 0.1) is 11.3 Å². The van der Waals surface area contributed by atoms with Crippen LogP contribution in [0.15, 0.2) is 42.2 Å². The smallest absolute Gasteiger partial charge is 0.159 e. The van der Waals surface area contributed by atoms with E-state index in [2.05, 4.69) is 77.9 Å². The zero-order valence-corrected chi connectivity index (χ0v) is 27.3. The van der Waals surface area contributed by atoms with Gasteiger partial charge < -0.3 is 5.11 Å². The monoisotopic (exact) mass is 693 g/mol. The van der Waals surface area contributed by atoms with Crippen molar-refractivity contribution in [1.82, 2.24) is 4.98 Å². The number of nitrogens with zero attached hydrogens (tertiary/aromatic N) is 1. The Morgan fingerprint density at radius 3 is 2.03 bits per heavy atom. The SMILES string of the molecule is CC(C)CC(=O)/C=C(\O)CC(C)C.Cc1[c-]c(-c2cc(CC(C)C)c3c(C)cc(C)cc3n2)cc(C)c1.[Ir]. The molecule has 0 saturated heterocycles. The Morgan fingerprint density at radius 1 is 0.868 bits per heavy atom. The summed E-state index contributed by atoms with van der Waals surface area (Å²) in [5.41, 5.74) is 9.65. The Hall–Kier alpha value is -2.29. The molecule has 0 amide bonds. The zero-order chi connectivity index (χ0) is 27.9. The van der Waals surface area contributed by atoms with Gasteiger partial charge in [-0.1, -0.05) is 67.5 Å². The summed E-state index contributed by atoms with van der Waals surface area (Å²) in [5, 5.41) is 10.7. The van der Waals surface area contributed by atoms with E-state index < -0.39 is 0 Å². The van der Waals surface area contributed by atoms with E-state index in [1.54, 1.807) is 0 Å². The molecule has 0 aliphatic heterocycles. The Balaban J connectivity index is 0.000000444. The van der Waals surface area contributed by atoms with Crippen LogP contribution in [-0.4, -0.2) is 15.9 Å². The number of fused-ring (bicyclic) bond motifs is 1. The van der Waals surface area contributed by atoms with Crippen molar-refractivity contribution in [2.75, 3.05) is 0 Å². The molecule has 0 saturated carbocycles. The number of hydrogen-bond donors (Lipinski definition) is 1. The van der Waals surface area contributed by atoms with Gasteiger partial charge >= 0.3 is 0 Å². The van der Waals surface area contributed by atoms with E-state index in [-0.39, 0.29) is 31.6 Å². The van der Waals surface area contributed by atoms with Crippen LogP contribution in [0.3, 0.4) is 0 Å². The van der Waals surface area contributed by atoms with Crippen molar-refractivity contribution in [3.63, 3.8) is 0 Å². The largest absolute Gasteiger partial charge is 0.512 e. The maximum Gasteiger partial charge on any atom is 0.159 e. The number of benzene rings is 2. The first-order chi connectivity index (χ1) is 17.2. The summed E-state index contributed by atoms with van der Waals surface area (Å²) < 4.78 is 0. The van der Waals surface area contributed by atoms with Gasteiger partial charge in [0.15, 0.2) is 5.78 Å². The second-order valence-electron chi connectivity index (χ2n) is 11.8. The summed E-state index contributed by atoms with van der Waals surface area (Å²) in [6.45, 7) is 21.1. The van der Waals surface area contributed by atoms with Crippen LogP contribution in [-0.2, 0) is 31.3 Å². The molecule has 0 bridgehead atoms. The second-order valence-corrected chi connectivity index (χ2v) is 11.8. The first-order valence-corrected chi connectivity index (χ1v) is 13.6. The minimum Gasteiger partial charge on any atom is -0.512 e. The molecule has 3 rings (SSSR count). The van der Waals surface area contributed by atoms with Crippen LogP contribution in [0.25, 0.3) is 22.2 Å². The van der Waals surface area contributed by atoms with Gasteiger partial charge in [-0.25, -0.2) is 0 Å². The first-order valence-electron chi connectivity index (χ1n) is 13.6. The number of aromatic nitrogens is 1. The summed E-state index contributed by atoms with van der Waals surface area (Å²) in [5.74, 6) is 1.60. The van der Waals surface area contributed by atoms with Crippen LogP contribution in [0.5, 0.6) is 0 Å². The predicted octanol–water partition coefficient (Wildman–Crippen LogP) is 9.22. The zero-order valence-electron chi connectivity index (χ0n) is 25.0. The molecule has 0 atom stereocenters. The quantitative estimate of drug-likeness (QED) is 0.146. The minimum atomic E-state index is 0. The van der Waals surface area contributed by atoms with E-state index in [0.717, 1.165) is 28.8 Å². The van der Waals surface area contributed by atoms with Crippen LogP contribution in [0.4, 0.5) is 0 Å². The topological polar surface area (TPSA) is 50.2 Å². The van der Waals surface area contributed by atoms with Crippen molar-refractivity contribution in [1.29, 1.82) is 0 Å². The van der Waals surface area contributed by atoms with Gasteiger partial charge in [-0.15, -0.1) is 34.9 Å². The molecule has 1 heterocycles. The molecule has 1 radical (unpaired) electrons. The number of carbonyl (C=O) groups excluding carboxylic acids is 1. The molecule has 0 aliphatic carbocycles. The van der Waals surface area contributed by atoms with Crippen molar-refractivity contribution in [3.05, 3.63) is 76.1 Å². The minimum absolute atomic E-state index is 0. The van der Waals surface area contributed by atoms with E-state index in [4.69, 9.17) is 4.98 Å². The number of carbonyl (C=O) groups is 1. The fraction of sp³-hybridized carbons (Fsp3) is 0.471. The fourth-order valence-corrected chi connectivity index (χ4v) is 4.75. The van der Waals surface area contributed by atoms with Crippen LogP contribution in [0.2, 0.25) is 0 Å². The van der Waals surface area contributed by atoms with E-state index in [1.165, 1.54) is 33.7 Å². The molecule has 0 fully saturated rings. The van der Waals surface area contributed by atoms with E-state index in [9.17, 15) is 9.90 Å². The molecule has 38 heavy (non-hydrogen) atoms. The summed E-state index contributed by atoms with van der Waals surface area (Å²) in [6.07, 6.45) is 3.53. The van der Waals surface area contributed by atoms with Crippen molar-refractivity contribution in [2.45, 2.75) is 88.5 Å². The van der Waals surface area contributed by atoms with E-state index in [0.29, 0.717) is 30.6 Å². The van der Waals surface area contributed by atoms with Crippen molar-refractivity contribution >= 4 is 16.7 Å². The second kappa shape index (κ2) is 15.3. The molecule has 3 nitrogen and oxygen atoms in total. The van der Waals surface area contributed by atoms with Crippen LogP contribution < -0.4 is 0 Å². The standard InChI is InChI=1S/C23H26N.C11H20O2.Ir/c1-14(2)7-20-13-21(19-10-15(3)8-16(4)11-19)24-22-12-17(5)9-18(6)23(20)22;1-8(2)5-10(12)7-11(13)6-9(3)4;/h8-10,12-14H,7H2,1-6H3;7-9,12H,5-6H2,1-4H3;/q-1;;/b;10-7-;. The predicted molar refractivity (Wildman–Crippen MR) is 158 cm³/mol. The van der Waals surface area contributed by atoms with Crippen LogP contribution >= 0.6 is 0 Å². The number of aliphatic hydroxyl groups excluding tert-OH is 1. The average Bonchev–Trinajstić information content (AvgIpc) is 2.70. The third-order valence-electron chi connectivity index (χ3n) is 5.94. The summed E-state index contributed by atoms with van der Waals surface area (Å²) in [7, 11) is 0. The summed E-state index contributed by atoms with van der Waals surface area (Å²) in [6, 6.07) is 14.6. The molecular weight excluding hydrogens is 647 g/mol. The van der Waals surface area contributed by atoms with Crippen molar-refractivity contribution < 1.29 is 30.0 Å².